The van der Waals surface area contributed by atoms with Crippen LogP contribution in [0.15, 0.2) is 6.07 Å². The first-order valence-corrected chi connectivity index (χ1v) is 7.05. The van der Waals surface area contributed by atoms with Crippen LogP contribution in [0.25, 0.3) is 0 Å². The van der Waals surface area contributed by atoms with E-state index in [1.807, 2.05) is 13.0 Å². The van der Waals surface area contributed by atoms with E-state index in [9.17, 15) is 0 Å². The van der Waals surface area contributed by atoms with Crippen molar-refractivity contribution in [3.63, 3.8) is 0 Å². The lowest BCUT2D eigenvalue weighted by Gasteiger charge is -2.21. The molecule has 0 spiro atoms. The minimum atomic E-state index is 0.378. The lowest BCUT2D eigenvalue weighted by molar-refractivity contribution is 0.311. The zero-order valence-electron chi connectivity index (χ0n) is 11.8. The molecule has 3 heteroatoms. The zero-order chi connectivity index (χ0) is 13.7. The summed E-state index contributed by atoms with van der Waals surface area (Å²) in [6.45, 7) is 9.80. The Hall–Kier alpha value is -0.730. The molecule has 102 valence electrons. The Kier molecular flexibility index (Phi) is 5.97. The number of nitrogens with two attached hydrogens (primary N) is 1. The minimum Gasteiger partial charge on any atom is -0.493 e. The van der Waals surface area contributed by atoms with Crippen LogP contribution < -0.4 is 10.5 Å². The van der Waals surface area contributed by atoms with Crippen molar-refractivity contribution >= 4 is 11.6 Å². The first-order valence-electron chi connectivity index (χ1n) is 6.67. The van der Waals surface area contributed by atoms with E-state index in [1.54, 1.807) is 0 Å². The predicted molar refractivity (Wildman–Crippen MR) is 78.8 cm³/mol. The van der Waals surface area contributed by atoms with E-state index in [0.29, 0.717) is 12.5 Å². The molecule has 0 fully saturated rings. The van der Waals surface area contributed by atoms with Crippen molar-refractivity contribution < 1.29 is 4.74 Å². The maximum Gasteiger partial charge on any atom is 0.125 e. The van der Waals surface area contributed by atoms with Gasteiger partial charge in [-0.2, -0.15) is 0 Å². The van der Waals surface area contributed by atoms with E-state index < -0.39 is 0 Å². The van der Waals surface area contributed by atoms with Gasteiger partial charge in [-0.15, -0.1) is 0 Å². The first kappa shape index (κ1) is 15.3. The van der Waals surface area contributed by atoms with Gasteiger partial charge in [0.15, 0.2) is 0 Å². The van der Waals surface area contributed by atoms with Gasteiger partial charge in [-0.3, -0.25) is 0 Å². The molecule has 0 heterocycles. The van der Waals surface area contributed by atoms with Gasteiger partial charge in [0.25, 0.3) is 0 Å². The SMILES string of the molecule is CCCOc1c(C)cc(Cl)c(C(C)C)c1CCN. The molecule has 0 amide bonds. The summed E-state index contributed by atoms with van der Waals surface area (Å²) in [5.41, 5.74) is 9.19. The monoisotopic (exact) mass is 269 g/mol. The highest BCUT2D eigenvalue weighted by Gasteiger charge is 2.18. The van der Waals surface area contributed by atoms with Gasteiger partial charge in [-0.1, -0.05) is 32.4 Å². The first-order chi connectivity index (χ1) is 8.52. The lowest BCUT2D eigenvalue weighted by atomic mass is 9.92. The quantitative estimate of drug-likeness (QED) is 0.845. The Morgan fingerprint density at radius 2 is 2.06 bits per heavy atom. The molecule has 1 aromatic rings. The standard InChI is InChI=1S/C15H24ClNO/c1-5-8-18-15-11(4)9-13(16)14(10(2)3)12(15)6-7-17/h9-10H,5-8,17H2,1-4H3. The summed E-state index contributed by atoms with van der Waals surface area (Å²) in [6.07, 6.45) is 1.81. The summed E-state index contributed by atoms with van der Waals surface area (Å²) in [5.74, 6) is 1.36. The van der Waals surface area contributed by atoms with Gasteiger partial charge in [0, 0.05) is 10.6 Å². The van der Waals surface area contributed by atoms with Crippen molar-refractivity contribution in [2.75, 3.05) is 13.2 Å². The van der Waals surface area contributed by atoms with Crippen LogP contribution in [0, 0.1) is 6.92 Å². The maximum absolute atomic E-state index is 6.38. The van der Waals surface area contributed by atoms with Gasteiger partial charge >= 0.3 is 0 Å². The van der Waals surface area contributed by atoms with Crippen molar-refractivity contribution in [3.8, 4) is 5.75 Å². The Morgan fingerprint density at radius 1 is 1.39 bits per heavy atom. The van der Waals surface area contributed by atoms with E-state index in [2.05, 4.69) is 20.8 Å². The van der Waals surface area contributed by atoms with Crippen LogP contribution in [0.5, 0.6) is 5.75 Å². The van der Waals surface area contributed by atoms with Gasteiger partial charge in [0.2, 0.25) is 0 Å². The normalized spacial score (nSPS) is 11.1. The van der Waals surface area contributed by atoms with Gasteiger partial charge in [-0.25, -0.2) is 0 Å². The van der Waals surface area contributed by atoms with Crippen molar-refractivity contribution in [3.05, 3.63) is 27.8 Å². The summed E-state index contributed by atoms with van der Waals surface area (Å²) in [5, 5.41) is 0.829. The second-order valence-corrected chi connectivity index (χ2v) is 5.35. The number of halogens is 1. The number of hydrogen-bond donors (Lipinski definition) is 1. The van der Waals surface area contributed by atoms with Crippen molar-refractivity contribution in [2.24, 2.45) is 5.73 Å². The van der Waals surface area contributed by atoms with E-state index in [4.69, 9.17) is 22.1 Å². The third-order valence-corrected chi connectivity index (χ3v) is 3.29. The lowest BCUT2D eigenvalue weighted by Crippen LogP contribution is -2.11. The Bertz CT molecular complexity index is 402. The molecule has 0 saturated heterocycles. The summed E-state index contributed by atoms with van der Waals surface area (Å²) < 4.78 is 5.90. The Balaban J connectivity index is 3.32. The fourth-order valence-electron chi connectivity index (χ4n) is 2.26. The van der Waals surface area contributed by atoms with E-state index in [-0.39, 0.29) is 0 Å². The highest BCUT2D eigenvalue weighted by Crippen LogP contribution is 2.37. The van der Waals surface area contributed by atoms with Gasteiger partial charge in [0.05, 0.1) is 6.61 Å². The molecule has 0 aromatic heterocycles. The second-order valence-electron chi connectivity index (χ2n) is 4.94. The molecule has 18 heavy (non-hydrogen) atoms. The molecule has 0 atom stereocenters. The fourth-order valence-corrected chi connectivity index (χ4v) is 2.76. The molecule has 0 aliphatic carbocycles. The number of benzene rings is 1. The molecule has 0 radical (unpaired) electrons. The molecule has 0 aliphatic heterocycles. The number of ether oxygens (including phenoxy) is 1. The van der Waals surface area contributed by atoms with Gasteiger partial charge in [-0.05, 0) is 49.4 Å². The van der Waals surface area contributed by atoms with Crippen LogP contribution in [0.2, 0.25) is 5.02 Å². The largest absolute Gasteiger partial charge is 0.493 e. The molecule has 2 N–H and O–H groups in total. The topological polar surface area (TPSA) is 35.2 Å². The smallest absolute Gasteiger partial charge is 0.125 e. The van der Waals surface area contributed by atoms with Crippen LogP contribution in [0.4, 0.5) is 0 Å². The van der Waals surface area contributed by atoms with E-state index >= 15 is 0 Å². The molecule has 0 aliphatic rings. The highest BCUT2D eigenvalue weighted by atomic mass is 35.5. The minimum absolute atomic E-state index is 0.378. The maximum atomic E-state index is 6.38. The molecule has 2 nitrogen and oxygen atoms in total. The molecular weight excluding hydrogens is 246 g/mol. The molecule has 0 unspecified atom stereocenters. The molecule has 0 saturated carbocycles. The number of rotatable bonds is 6. The Labute approximate surface area is 115 Å². The van der Waals surface area contributed by atoms with Crippen LogP contribution >= 0.6 is 11.6 Å². The zero-order valence-corrected chi connectivity index (χ0v) is 12.6. The fraction of sp³-hybridized carbons (Fsp3) is 0.600. The van der Waals surface area contributed by atoms with Crippen LogP contribution in [-0.4, -0.2) is 13.2 Å². The van der Waals surface area contributed by atoms with Crippen molar-refractivity contribution in [1.29, 1.82) is 0 Å². The van der Waals surface area contributed by atoms with E-state index in [0.717, 1.165) is 35.8 Å². The van der Waals surface area contributed by atoms with Crippen molar-refractivity contribution in [2.45, 2.75) is 46.5 Å². The predicted octanol–water partition coefficient (Wildman–Crippen LogP) is 4.06. The molecule has 1 aromatic carbocycles. The summed E-state index contributed by atoms with van der Waals surface area (Å²) >= 11 is 6.38. The van der Waals surface area contributed by atoms with Crippen LogP contribution in [0.3, 0.4) is 0 Å². The summed E-state index contributed by atoms with van der Waals surface area (Å²) in [7, 11) is 0. The Morgan fingerprint density at radius 3 is 2.56 bits per heavy atom. The van der Waals surface area contributed by atoms with Gasteiger partial charge < -0.3 is 10.5 Å². The third kappa shape index (κ3) is 3.39. The van der Waals surface area contributed by atoms with Crippen molar-refractivity contribution in [1.82, 2.24) is 0 Å². The number of hydrogen-bond acceptors (Lipinski definition) is 2. The average molecular weight is 270 g/mol. The highest BCUT2D eigenvalue weighted by molar-refractivity contribution is 6.31. The molecule has 1 rings (SSSR count). The summed E-state index contributed by atoms with van der Waals surface area (Å²) in [4.78, 5) is 0. The molecular formula is C15H24ClNO. The average Bonchev–Trinajstić information content (AvgIpc) is 2.28. The molecule has 0 bridgehead atoms. The summed E-state index contributed by atoms with van der Waals surface area (Å²) in [6, 6.07) is 2.00. The third-order valence-electron chi connectivity index (χ3n) is 2.98. The van der Waals surface area contributed by atoms with Crippen LogP contribution in [-0.2, 0) is 6.42 Å². The van der Waals surface area contributed by atoms with Gasteiger partial charge in [0.1, 0.15) is 5.75 Å². The van der Waals surface area contributed by atoms with E-state index in [1.165, 1.54) is 11.1 Å². The second kappa shape index (κ2) is 7.01. The number of aryl methyl sites for hydroxylation is 1. The van der Waals surface area contributed by atoms with Crippen LogP contribution in [0.1, 0.15) is 49.8 Å².